The highest BCUT2D eigenvalue weighted by Gasteiger charge is 2.27. The maximum atomic E-state index is 9.72. The zero-order valence-electron chi connectivity index (χ0n) is 11.4. The van der Waals surface area contributed by atoms with Crippen LogP contribution in [0, 0.1) is 0 Å². The number of pyridine rings is 1. The second-order valence-corrected chi connectivity index (χ2v) is 5.40. The molecule has 0 spiro atoms. The lowest BCUT2D eigenvalue weighted by atomic mass is 10.1. The molecule has 1 aliphatic heterocycles. The summed E-state index contributed by atoms with van der Waals surface area (Å²) in [6.07, 6.45) is 2.08. The van der Waals surface area contributed by atoms with Crippen molar-refractivity contribution in [3.05, 3.63) is 24.0 Å². The van der Waals surface area contributed by atoms with Crippen LogP contribution in [-0.4, -0.2) is 35.4 Å². The lowest BCUT2D eigenvalue weighted by Gasteiger charge is -2.39. The van der Waals surface area contributed by atoms with E-state index >= 15 is 0 Å². The molecule has 1 saturated heterocycles. The van der Waals surface area contributed by atoms with Crippen LogP contribution in [0.15, 0.2) is 18.3 Å². The highest BCUT2D eigenvalue weighted by atomic mass is 16.5. The smallest absolute Gasteiger partial charge is 0.0957 e. The van der Waals surface area contributed by atoms with Crippen LogP contribution in [0.25, 0.3) is 0 Å². The van der Waals surface area contributed by atoms with Crippen molar-refractivity contribution in [1.29, 1.82) is 0 Å². The molecule has 0 aliphatic carbocycles. The third-order valence-corrected chi connectivity index (χ3v) is 3.29. The van der Waals surface area contributed by atoms with Gasteiger partial charge in [-0.25, -0.2) is 0 Å². The number of hydrogen-bond acceptors (Lipinski definition) is 4. The number of aromatic nitrogens is 1. The van der Waals surface area contributed by atoms with Gasteiger partial charge in [-0.05, 0) is 32.4 Å². The first-order valence-electron chi connectivity index (χ1n) is 6.55. The molecule has 1 aromatic heterocycles. The predicted molar refractivity (Wildman–Crippen MR) is 71.7 cm³/mol. The Hall–Kier alpha value is -1.13. The number of anilines is 1. The second kappa shape index (κ2) is 5.24. The second-order valence-electron chi connectivity index (χ2n) is 5.40. The molecule has 18 heavy (non-hydrogen) atoms. The van der Waals surface area contributed by atoms with Crippen molar-refractivity contribution in [2.24, 2.45) is 0 Å². The molecule has 0 unspecified atom stereocenters. The molecule has 1 fully saturated rings. The summed E-state index contributed by atoms with van der Waals surface area (Å²) < 4.78 is 5.69. The van der Waals surface area contributed by atoms with Gasteiger partial charge in [0.2, 0.25) is 0 Å². The summed E-state index contributed by atoms with van der Waals surface area (Å²) in [6.45, 7) is 8.64. The standard InChI is InChI=1S/C14H22N2O2/c1-4-13(17)12-6-5-11(9-15-12)16-7-8-18-14(2,3)10-16/h5-6,9,13,17H,4,7-8,10H2,1-3H3/t13-/m0/s1. The van der Waals surface area contributed by atoms with Crippen LogP contribution >= 0.6 is 0 Å². The highest BCUT2D eigenvalue weighted by Crippen LogP contribution is 2.23. The van der Waals surface area contributed by atoms with Crippen molar-refractivity contribution in [3.63, 3.8) is 0 Å². The quantitative estimate of drug-likeness (QED) is 0.892. The average Bonchev–Trinajstić information content (AvgIpc) is 2.37. The lowest BCUT2D eigenvalue weighted by Crippen LogP contribution is -2.48. The third kappa shape index (κ3) is 3.00. The van der Waals surface area contributed by atoms with E-state index in [1.165, 1.54) is 0 Å². The number of morpholine rings is 1. The number of ether oxygens (including phenoxy) is 1. The van der Waals surface area contributed by atoms with Gasteiger partial charge in [0.05, 0.1) is 35.9 Å². The maximum Gasteiger partial charge on any atom is 0.0957 e. The van der Waals surface area contributed by atoms with Gasteiger partial charge in [-0.3, -0.25) is 4.98 Å². The molecule has 2 rings (SSSR count). The molecular weight excluding hydrogens is 228 g/mol. The molecule has 0 radical (unpaired) electrons. The minimum atomic E-state index is -0.458. The van der Waals surface area contributed by atoms with E-state index < -0.39 is 6.10 Å². The van der Waals surface area contributed by atoms with Gasteiger partial charge in [0.15, 0.2) is 0 Å². The summed E-state index contributed by atoms with van der Waals surface area (Å²) in [5.74, 6) is 0. The van der Waals surface area contributed by atoms with Crippen molar-refractivity contribution in [3.8, 4) is 0 Å². The number of aliphatic hydroxyl groups is 1. The van der Waals surface area contributed by atoms with Gasteiger partial charge in [0.25, 0.3) is 0 Å². The van der Waals surface area contributed by atoms with E-state index in [-0.39, 0.29) is 5.60 Å². The number of nitrogens with zero attached hydrogens (tertiary/aromatic N) is 2. The van der Waals surface area contributed by atoms with Gasteiger partial charge in [-0.15, -0.1) is 0 Å². The summed E-state index contributed by atoms with van der Waals surface area (Å²) in [5, 5.41) is 9.72. The SMILES string of the molecule is CC[C@H](O)c1ccc(N2CCOC(C)(C)C2)cn1. The highest BCUT2D eigenvalue weighted by molar-refractivity contribution is 5.45. The van der Waals surface area contributed by atoms with Gasteiger partial charge in [-0.1, -0.05) is 6.92 Å². The molecule has 1 N–H and O–H groups in total. The van der Waals surface area contributed by atoms with Crippen molar-refractivity contribution in [1.82, 2.24) is 4.98 Å². The van der Waals surface area contributed by atoms with E-state index in [0.717, 1.165) is 31.1 Å². The Morgan fingerprint density at radius 3 is 2.83 bits per heavy atom. The first-order chi connectivity index (χ1) is 8.52. The fourth-order valence-electron chi connectivity index (χ4n) is 2.23. The monoisotopic (exact) mass is 250 g/mol. The van der Waals surface area contributed by atoms with E-state index in [4.69, 9.17) is 4.74 Å². The summed E-state index contributed by atoms with van der Waals surface area (Å²) >= 11 is 0. The minimum Gasteiger partial charge on any atom is -0.387 e. The largest absolute Gasteiger partial charge is 0.387 e. The summed E-state index contributed by atoms with van der Waals surface area (Å²) in [5.41, 5.74) is 1.73. The van der Waals surface area contributed by atoms with E-state index in [1.807, 2.05) is 25.3 Å². The van der Waals surface area contributed by atoms with Crippen LogP contribution in [0.4, 0.5) is 5.69 Å². The van der Waals surface area contributed by atoms with Gasteiger partial charge in [0, 0.05) is 13.1 Å². The summed E-state index contributed by atoms with van der Waals surface area (Å²) in [6, 6.07) is 3.94. The molecule has 1 aromatic rings. The van der Waals surface area contributed by atoms with Gasteiger partial charge < -0.3 is 14.7 Å². The molecular formula is C14H22N2O2. The first-order valence-corrected chi connectivity index (χ1v) is 6.55. The topological polar surface area (TPSA) is 45.6 Å². The van der Waals surface area contributed by atoms with E-state index in [0.29, 0.717) is 6.42 Å². The summed E-state index contributed by atoms with van der Waals surface area (Å²) in [7, 11) is 0. The molecule has 0 amide bonds. The Bertz CT molecular complexity index is 389. The Morgan fingerprint density at radius 1 is 1.50 bits per heavy atom. The molecule has 0 aromatic carbocycles. The predicted octanol–water partition coefficient (Wildman–Crippen LogP) is 2.14. The van der Waals surface area contributed by atoms with Crippen LogP contribution in [0.3, 0.4) is 0 Å². The van der Waals surface area contributed by atoms with Crippen molar-refractivity contribution in [2.45, 2.75) is 38.9 Å². The van der Waals surface area contributed by atoms with E-state index in [2.05, 4.69) is 23.7 Å². The van der Waals surface area contributed by atoms with Gasteiger partial charge in [0.1, 0.15) is 0 Å². The third-order valence-electron chi connectivity index (χ3n) is 3.29. The van der Waals surface area contributed by atoms with E-state index in [9.17, 15) is 5.11 Å². The minimum absolute atomic E-state index is 0.111. The molecule has 4 heteroatoms. The van der Waals surface area contributed by atoms with Crippen LogP contribution in [0.5, 0.6) is 0 Å². The number of aliphatic hydroxyl groups excluding tert-OH is 1. The Kier molecular flexibility index (Phi) is 3.88. The lowest BCUT2D eigenvalue weighted by molar-refractivity contribution is -0.0277. The fraction of sp³-hybridized carbons (Fsp3) is 0.643. The zero-order valence-corrected chi connectivity index (χ0v) is 11.4. The Morgan fingerprint density at radius 2 is 2.28 bits per heavy atom. The molecule has 4 nitrogen and oxygen atoms in total. The van der Waals surface area contributed by atoms with E-state index in [1.54, 1.807) is 0 Å². The molecule has 2 heterocycles. The fourth-order valence-corrected chi connectivity index (χ4v) is 2.23. The number of rotatable bonds is 3. The Labute approximate surface area is 109 Å². The molecule has 1 aliphatic rings. The first kappa shape index (κ1) is 13.3. The van der Waals surface area contributed by atoms with Gasteiger partial charge in [-0.2, -0.15) is 0 Å². The molecule has 100 valence electrons. The summed E-state index contributed by atoms with van der Waals surface area (Å²) in [4.78, 5) is 6.62. The van der Waals surface area contributed by atoms with Crippen LogP contribution in [0.2, 0.25) is 0 Å². The van der Waals surface area contributed by atoms with Crippen molar-refractivity contribution < 1.29 is 9.84 Å². The van der Waals surface area contributed by atoms with Crippen LogP contribution in [-0.2, 0) is 4.74 Å². The molecule has 0 saturated carbocycles. The normalized spacial score (nSPS) is 20.8. The van der Waals surface area contributed by atoms with Crippen molar-refractivity contribution >= 4 is 5.69 Å². The van der Waals surface area contributed by atoms with Crippen LogP contribution in [0.1, 0.15) is 39.0 Å². The Balaban J connectivity index is 2.09. The number of hydrogen-bond donors (Lipinski definition) is 1. The van der Waals surface area contributed by atoms with Gasteiger partial charge >= 0.3 is 0 Å². The zero-order chi connectivity index (χ0) is 13.2. The average molecular weight is 250 g/mol. The molecule has 0 bridgehead atoms. The van der Waals surface area contributed by atoms with Crippen LogP contribution < -0.4 is 4.90 Å². The maximum absolute atomic E-state index is 9.72. The van der Waals surface area contributed by atoms with Crippen molar-refractivity contribution in [2.75, 3.05) is 24.6 Å². The molecule has 1 atom stereocenters.